The zero-order valence-corrected chi connectivity index (χ0v) is 15.6. The average Bonchev–Trinajstić information content (AvgIpc) is 3.30. The number of rotatable bonds is 8. The van der Waals surface area contributed by atoms with E-state index in [9.17, 15) is 14.4 Å². The van der Waals surface area contributed by atoms with Gasteiger partial charge in [0.1, 0.15) is 6.04 Å². The molecule has 3 rings (SSSR count). The van der Waals surface area contributed by atoms with Gasteiger partial charge in [-0.3, -0.25) is 9.59 Å². The molecule has 0 aromatic carbocycles. The summed E-state index contributed by atoms with van der Waals surface area (Å²) in [4.78, 5) is 38.2. The standard InChI is InChI=1S/C10H16N2O3S.C6H9N3O2/c13-8(14)4-2-1-3-7-9-6(5-16-7)11-10(15)12-9;7-5(6(10)11)1-4-2-8-3-9-4/h6-7,9H,1-5H2,(H,13,14)(H2,11,12,15);2-3,5H,1,7H2,(H,8,9)(H,10,11)/t6-,7-,9-;5-/m00/s1. The van der Waals surface area contributed by atoms with Crippen LogP contribution in [0.25, 0.3) is 0 Å². The number of imidazole rings is 1. The molecule has 1 aromatic rings. The van der Waals surface area contributed by atoms with Crippen LogP contribution in [0.2, 0.25) is 0 Å². The molecule has 7 N–H and O–H groups in total. The highest BCUT2D eigenvalue weighted by Crippen LogP contribution is 2.33. The largest absolute Gasteiger partial charge is 0.481 e. The maximum absolute atomic E-state index is 11.1. The number of carboxylic acids is 2. The number of H-pyrrole nitrogens is 1. The highest BCUT2D eigenvalue weighted by Gasteiger charge is 2.42. The number of carboxylic acid groups (broad SMARTS) is 2. The Morgan fingerprint density at radius 2 is 2.11 bits per heavy atom. The third-order valence-corrected chi connectivity index (χ3v) is 5.89. The lowest BCUT2D eigenvalue weighted by atomic mass is 10.0. The highest BCUT2D eigenvalue weighted by molar-refractivity contribution is 8.00. The van der Waals surface area contributed by atoms with Gasteiger partial charge in [-0.05, 0) is 12.8 Å². The zero-order valence-electron chi connectivity index (χ0n) is 14.8. The monoisotopic (exact) mass is 399 g/mol. The van der Waals surface area contributed by atoms with Crippen molar-refractivity contribution in [2.75, 3.05) is 5.75 Å². The molecule has 2 aliphatic rings. The number of aliphatic carboxylic acids is 2. The van der Waals surface area contributed by atoms with Gasteiger partial charge in [0, 0.05) is 35.7 Å². The Balaban J connectivity index is 0.000000208. The fourth-order valence-electron chi connectivity index (χ4n) is 2.99. The van der Waals surface area contributed by atoms with Gasteiger partial charge in [0.05, 0.1) is 18.4 Å². The van der Waals surface area contributed by atoms with E-state index in [0.717, 1.165) is 30.7 Å². The van der Waals surface area contributed by atoms with E-state index in [-0.39, 0.29) is 31.0 Å². The van der Waals surface area contributed by atoms with Crippen molar-refractivity contribution in [2.24, 2.45) is 5.73 Å². The number of aromatic nitrogens is 2. The number of fused-ring (bicyclic) bond motifs is 1. The van der Waals surface area contributed by atoms with Crippen molar-refractivity contribution in [1.29, 1.82) is 0 Å². The first kappa shape index (κ1) is 21.0. The smallest absolute Gasteiger partial charge is 0.320 e. The Kier molecular flexibility index (Phi) is 7.92. The van der Waals surface area contributed by atoms with E-state index < -0.39 is 18.0 Å². The van der Waals surface area contributed by atoms with Crippen molar-refractivity contribution in [3.8, 4) is 0 Å². The van der Waals surface area contributed by atoms with Crippen LogP contribution in [0, 0.1) is 0 Å². The Labute approximate surface area is 160 Å². The molecule has 4 atom stereocenters. The maximum Gasteiger partial charge on any atom is 0.320 e. The molecule has 1 aromatic heterocycles. The Hall–Kier alpha value is -2.27. The number of hydrogen-bond acceptors (Lipinski definition) is 6. The van der Waals surface area contributed by atoms with E-state index >= 15 is 0 Å². The van der Waals surface area contributed by atoms with Crippen LogP contribution in [0.1, 0.15) is 31.4 Å². The molecular weight excluding hydrogens is 374 g/mol. The quantitative estimate of drug-likeness (QED) is 0.265. The molecule has 2 aliphatic heterocycles. The number of carbonyl (C=O) groups excluding carboxylic acids is 1. The summed E-state index contributed by atoms with van der Waals surface area (Å²) in [5.74, 6) is -0.764. The first-order valence-corrected chi connectivity index (χ1v) is 9.77. The van der Waals surface area contributed by atoms with E-state index in [1.54, 1.807) is 6.20 Å². The minimum Gasteiger partial charge on any atom is -0.481 e. The van der Waals surface area contributed by atoms with Gasteiger partial charge < -0.3 is 31.6 Å². The van der Waals surface area contributed by atoms with Crippen LogP contribution < -0.4 is 16.4 Å². The molecule has 0 bridgehead atoms. The molecule has 0 saturated carbocycles. The Morgan fingerprint density at radius 3 is 2.74 bits per heavy atom. The van der Waals surface area contributed by atoms with Crippen molar-refractivity contribution >= 4 is 29.7 Å². The molecule has 11 heteroatoms. The Bertz CT molecular complexity index is 641. The molecule has 27 heavy (non-hydrogen) atoms. The predicted octanol–water partition coefficient (Wildman–Crippen LogP) is 0.161. The molecule has 0 unspecified atom stereocenters. The van der Waals surface area contributed by atoms with E-state index in [2.05, 4.69) is 20.6 Å². The predicted molar refractivity (Wildman–Crippen MR) is 99.5 cm³/mol. The molecular formula is C16H25N5O5S. The lowest BCUT2D eigenvalue weighted by Gasteiger charge is -2.16. The second-order valence-electron chi connectivity index (χ2n) is 6.49. The van der Waals surface area contributed by atoms with Gasteiger partial charge in [-0.15, -0.1) is 0 Å². The van der Waals surface area contributed by atoms with E-state index in [1.165, 1.54) is 6.33 Å². The van der Waals surface area contributed by atoms with Crippen molar-refractivity contribution in [3.05, 3.63) is 18.2 Å². The summed E-state index contributed by atoms with van der Waals surface area (Å²) in [7, 11) is 0. The minimum absolute atomic E-state index is 0.0640. The van der Waals surface area contributed by atoms with Crippen LogP contribution in [-0.4, -0.2) is 67.3 Å². The lowest BCUT2D eigenvalue weighted by molar-refractivity contribution is -0.139. The van der Waals surface area contributed by atoms with Crippen molar-refractivity contribution in [3.63, 3.8) is 0 Å². The van der Waals surface area contributed by atoms with Crippen molar-refractivity contribution in [2.45, 2.75) is 55.5 Å². The molecule has 2 fully saturated rings. The number of hydrogen-bond donors (Lipinski definition) is 6. The van der Waals surface area contributed by atoms with E-state index in [0.29, 0.717) is 5.25 Å². The molecule has 0 aliphatic carbocycles. The number of thioether (sulfide) groups is 1. The van der Waals surface area contributed by atoms with Crippen LogP contribution in [0.15, 0.2) is 12.5 Å². The van der Waals surface area contributed by atoms with Gasteiger partial charge in [-0.1, -0.05) is 6.42 Å². The number of amides is 2. The number of nitrogens with two attached hydrogens (primary N) is 1. The minimum atomic E-state index is -1.00. The summed E-state index contributed by atoms with van der Waals surface area (Å²) >= 11 is 1.87. The van der Waals surface area contributed by atoms with E-state index in [1.807, 2.05) is 11.8 Å². The van der Waals surface area contributed by atoms with Crippen LogP contribution >= 0.6 is 11.8 Å². The molecule has 0 radical (unpaired) electrons. The van der Waals surface area contributed by atoms with Crippen LogP contribution in [0.3, 0.4) is 0 Å². The molecule has 10 nitrogen and oxygen atoms in total. The third-order valence-electron chi connectivity index (χ3n) is 4.38. The van der Waals surface area contributed by atoms with Gasteiger partial charge in [0.15, 0.2) is 0 Å². The first-order chi connectivity index (χ1) is 12.9. The van der Waals surface area contributed by atoms with Crippen LogP contribution in [0.5, 0.6) is 0 Å². The fraction of sp³-hybridized carbons (Fsp3) is 0.625. The summed E-state index contributed by atoms with van der Waals surface area (Å²) in [5, 5.41) is 23.2. The normalized spacial score (nSPS) is 24.2. The summed E-state index contributed by atoms with van der Waals surface area (Å²) < 4.78 is 0. The summed E-state index contributed by atoms with van der Waals surface area (Å²) in [6, 6.07) is -0.411. The summed E-state index contributed by atoms with van der Waals surface area (Å²) in [6.45, 7) is 0. The van der Waals surface area contributed by atoms with Crippen LogP contribution in [0.4, 0.5) is 4.79 Å². The number of urea groups is 1. The molecule has 3 heterocycles. The van der Waals surface area contributed by atoms with Crippen molar-refractivity contribution in [1.82, 2.24) is 20.6 Å². The highest BCUT2D eigenvalue weighted by atomic mass is 32.2. The molecule has 2 saturated heterocycles. The third kappa shape index (κ3) is 6.75. The number of nitrogens with one attached hydrogen (secondary N) is 3. The maximum atomic E-state index is 11.1. The molecule has 150 valence electrons. The van der Waals surface area contributed by atoms with Crippen LogP contribution in [-0.2, 0) is 16.0 Å². The van der Waals surface area contributed by atoms with Gasteiger partial charge in [0.25, 0.3) is 0 Å². The van der Waals surface area contributed by atoms with Gasteiger partial charge in [-0.25, -0.2) is 9.78 Å². The summed E-state index contributed by atoms with van der Waals surface area (Å²) in [6.07, 6.45) is 6.22. The number of nitrogens with zero attached hydrogens (tertiary/aromatic N) is 1. The van der Waals surface area contributed by atoms with Gasteiger partial charge in [-0.2, -0.15) is 11.8 Å². The zero-order chi connectivity index (χ0) is 19.8. The number of carbonyl (C=O) groups is 3. The van der Waals surface area contributed by atoms with E-state index in [4.69, 9.17) is 15.9 Å². The number of unbranched alkanes of at least 4 members (excludes halogenated alkanes) is 1. The van der Waals surface area contributed by atoms with Gasteiger partial charge >= 0.3 is 18.0 Å². The SMILES string of the molecule is N[C@@H](Cc1cnc[nH]1)C(=O)O.O=C(O)CCCC[C@@H]1SC[C@@H]2NC(=O)N[C@@H]21. The lowest BCUT2D eigenvalue weighted by Crippen LogP contribution is -2.36. The first-order valence-electron chi connectivity index (χ1n) is 8.73. The average molecular weight is 399 g/mol. The molecule has 2 amide bonds. The fourth-order valence-corrected chi connectivity index (χ4v) is 4.53. The topological polar surface area (TPSA) is 170 Å². The van der Waals surface area contributed by atoms with Crippen molar-refractivity contribution < 1.29 is 24.6 Å². The summed E-state index contributed by atoms with van der Waals surface area (Å²) in [5.41, 5.74) is 6.00. The Morgan fingerprint density at radius 1 is 1.33 bits per heavy atom. The number of aromatic amines is 1. The molecule has 0 spiro atoms. The second kappa shape index (κ2) is 10.2. The van der Waals surface area contributed by atoms with Gasteiger partial charge in [0.2, 0.25) is 0 Å². The second-order valence-corrected chi connectivity index (χ2v) is 7.76.